The van der Waals surface area contributed by atoms with Crippen LogP contribution in [0.2, 0.25) is 0 Å². The van der Waals surface area contributed by atoms with Gasteiger partial charge >= 0.3 is 0 Å². The van der Waals surface area contributed by atoms with Gasteiger partial charge in [-0.1, -0.05) is 12.1 Å². The molecule has 0 bridgehead atoms. The summed E-state index contributed by atoms with van der Waals surface area (Å²) >= 11 is 0. The number of amides is 2. The summed E-state index contributed by atoms with van der Waals surface area (Å²) in [5.41, 5.74) is 0.431. The second-order valence-corrected chi connectivity index (χ2v) is 7.73. The Morgan fingerprint density at radius 1 is 1.06 bits per heavy atom. The lowest BCUT2D eigenvalue weighted by Crippen LogP contribution is -2.51. The molecular weight excluding hydrogens is 419 g/mol. The monoisotopic (exact) mass is 444 g/mol. The summed E-state index contributed by atoms with van der Waals surface area (Å²) in [5, 5.41) is 15.3. The third-order valence-corrected chi connectivity index (χ3v) is 5.62. The molecule has 2 aromatic carbocycles. The maximum atomic E-state index is 13.8. The summed E-state index contributed by atoms with van der Waals surface area (Å²) in [7, 11) is 0. The van der Waals surface area contributed by atoms with Crippen molar-refractivity contribution >= 4 is 11.8 Å². The van der Waals surface area contributed by atoms with Gasteiger partial charge in [-0.3, -0.25) is 9.59 Å². The van der Waals surface area contributed by atoms with E-state index in [1.807, 2.05) is 0 Å². The highest BCUT2D eigenvalue weighted by molar-refractivity contribution is 5.95. The van der Waals surface area contributed by atoms with E-state index in [1.165, 1.54) is 18.2 Å². The average molecular weight is 444 g/mol. The first-order valence-electron chi connectivity index (χ1n) is 10.5. The molecule has 2 aromatic rings. The smallest absolute Gasteiger partial charge is 0.254 e. The zero-order valence-corrected chi connectivity index (χ0v) is 17.4. The molecule has 0 spiro atoms. The highest BCUT2D eigenvalue weighted by Gasteiger charge is 2.32. The molecule has 1 fully saturated rings. The second kappa shape index (κ2) is 9.97. The third kappa shape index (κ3) is 5.00. The first-order valence-corrected chi connectivity index (χ1v) is 10.5. The van der Waals surface area contributed by atoms with Gasteiger partial charge in [-0.05, 0) is 49.6 Å². The van der Waals surface area contributed by atoms with Crippen molar-refractivity contribution < 1.29 is 33.3 Å². The molecule has 0 aromatic heterocycles. The van der Waals surface area contributed by atoms with Crippen molar-refractivity contribution in [2.24, 2.45) is 0 Å². The van der Waals surface area contributed by atoms with Crippen LogP contribution >= 0.6 is 0 Å². The molecule has 32 heavy (non-hydrogen) atoms. The fraction of sp³-hybridized carbons (Fsp3) is 0.391. The zero-order valence-electron chi connectivity index (χ0n) is 17.4. The number of carbonyl (C=O) groups excluding carboxylic acids is 2. The molecule has 2 amide bonds. The van der Waals surface area contributed by atoms with Crippen LogP contribution in [0.15, 0.2) is 42.5 Å². The van der Waals surface area contributed by atoms with Crippen molar-refractivity contribution in [2.75, 3.05) is 19.9 Å². The van der Waals surface area contributed by atoms with Gasteiger partial charge in [0.15, 0.2) is 11.5 Å². The van der Waals surface area contributed by atoms with Gasteiger partial charge in [-0.25, -0.2) is 4.39 Å². The molecule has 3 N–H and O–H groups in total. The van der Waals surface area contributed by atoms with Crippen LogP contribution in [-0.4, -0.2) is 55.1 Å². The van der Waals surface area contributed by atoms with E-state index in [1.54, 1.807) is 24.3 Å². The number of aliphatic hydroxyl groups excluding tert-OH is 1. The Kier molecular flexibility index (Phi) is 6.87. The highest BCUT2D eigenvalue weighted by atomic mass is 19.1. The molecule has 3 atom stereocenters. The molecule has 0 radical (unpaired) electrons. The van der Waals surface area contributed by atoms with Crippen LogP contribution in [0.25, 0.3) is 0 Å². The number of hydrogen-bond acceptors (Lipinski definition) is 6. The van der Waals surface area contributed by atoms with Crippen molar-refractivity contribution in [3.05, 3.63) is 59.4 Å². The fourth-order valence-electron chi connectivity index (χ4n) is 3.89. The molecular formula is C23H25FN2O6. The van der Waals surface area contributed by atoms with E-state index in [-0.39, 0.29) is 31.0 Å². The van der Waals surface area contributed by atoms with Crippen LogP contribution in [0.1, 0.15) is 40.0 Å². The van der Waals surface area contributed by atoms with E-state index >= 15 is 0 Å². The van der Waals surface area contributed by atoms with Crippen molar-refractivity contribution in [1.29, 1.82) is 0 Å². The van der Waals surface area contributed by atoms with Crippen LogP contribution in [0, 0.1) is 5.82 Å². The lowest BCUT2D eigenvalue weighted by molar-refractivity contribution is -0.0893. The van der Waals surface area contributed by atoms with Crippen LogP contribution in [0.4, 0.5) is 4.39 Å². The quantitative estimate of drug-likeness (QED) is 0.603. The zero-order chi connectivity index (χ0) is 22.5. The largest absolute Gasteiger partial charge is 0.454 e. The SMILES string of the molecule is O=C(NCC[C@@H]1CC[C@H](NC(=O)c2ccccc2F)[C@H](CO)O1)c1ccc2c(c1)OCO2. The predicted molar refractivity (Wildman–Crippen MR) is 112 cm³/mol. The Bertz CT molecular complexity index is 985. The normalized spacial score (nSPS) is 21.8. The van der Waals surface area contributed by atoms with Gasteiger partial charge in [0.05, 0.1) is 24.3 Å². The first-order chi connectivity index (χ1) is 15.5. The molecule has 2 aliphatic rings. The minimum Gasteiger partial charge on any atom is -0.454 e. The minimum atomic E-state index is -0.603. The van der Waals surface area contributed by atoms with Gasteiger partial charge in [-0.2, -0.15) is 0 Å². The number of hydrogen-bond donors (Lipinski definition) is 3. The fourth-order valence-corrected chi connectivity index (χ4v) is 3.89. The number of carbonyl (C=O) groups is 2. The number of nitrogens with one attached hydrogen (secondary N) is 2. The van der Waals surface area contributed by atoms with E-state index in [0.29, 0.717) is 42.9 Å². The Morgan fingerprint density at radius 2 is 1.88 bits per heavy atom. The van der Waals surface area contributed by atoms with Crippen molar-refractivity contribution in [2.45, 2.75) is 37.5 Å². The summed E-state index contributed by atoms with van der Waals surface area (Å²) in [4.78, 5) is 24.8. The van der Waals surface area contributed by atoms with Crippen molar-refractivity contribution in [3.8, 4) is 11.5 Å². The van der Waals surface area contributed by atoms with E-state index < -0.39 is 23.9 Å². The Hall–Kier alpha value is -3.17. The standard InChI is InChI=1S/C23H25FN2O6/c24-17-4-2-1-3-16(17)23(29)26-18-7-6-15(32-21(18)12-27)9-10-25-22(28)14-5-8-19-20(11-14)31-13-30-19/h1-5,8,11,15,18,21,27H,6-7,9-10,12-13H2,(H,25,28)(H,26,29)/t15-,18-,21-/m0/s1. The topological polar surface area (TPSA) is 106 Å². The summed E-state index contributed by atoms with van der Waals surface area (Å²) in [6.07, 6.45) is 0.992. The molecule has 8 nitrogen and oxygen atoms in total. The van der Waals surface area contributed by atoms with Gasteiger partial charge in [0.1, 0.15) is 11.9 Å². The van der Waals surface area contributed by atoms with E-state index in [0.717, 1.165) is 0 Å². The van der Waals surface area contributed by atoms with Gasteiger partial charge in [0.25, 0.3) is 11.8 Å². The molecule has 2 aliphatic heterocycles. The third-order valence-electron chi connectivity index (χ3n) is 5.62. The van der Waals surface area contributed by atoms with Crippen molar-refractivity contribution in [1.82, 2.24) is 10.6 Å². The Morgan fingerprint density at radius 3 is 2.69 bits per heavy atom. The summed E-state index contributed by atoms with van der Waals surface area (Å²) in [6.45, 7) is 0.262. The van der Waals surface area contributed by atoms with Gasteiger partial charge in [-0.15, -0.1) is 0 Å². The average Bonchev–Trinajstić information content (AvgIpc) is 3.28. The summed E-state index contributed by atoms with van der Waals surface area (Å²) < 4.78 is 30.3. The first kappa shape index (κ1) is 22.0. The number of ether oxygens (including phenoxy) is 3. The molecule has 2 heterocycles. The second-order valence-electron chi connectivity index (χ2n) is 7.73. The van der Waals surface area contributed by atoms with Crippen LogP contribution < -0.4 is 20.1 Å². The van der Waals surface area contributed by atoms with Crippen LogP contribution in [0.3, 0.4) is 0 Å². The molecule has 9 heteroatoms. The number of halogens is 1. The van der Waals surface area contributed by atoms with E-state index in [4.69, 9.17) is 14.2 Å². The van der Waals surface area contributed by atoms with Gasteiger partial charge in [0, 0.05) is 12.1 Å². The van der Waals surface area contributed by atoms with Crippen molar-refractivity contribution in [3.63, 3.8) is 0 Å². The lowest BCUT2D eigenvalue weighted by Gasteiger charge is -2.36. The molecule has 4 rings (SSSR count). The minimum absolute atomic E-state index is 0.0439. The van der Waals surface area contributed by atoms with E-state index in [2.05, 4.69) is 10.6 Å². The number of fused-ring (bicyclic) bond motifs is 1. The number of aliphatic hydroxyl groups is 1. The maximum Gasteiger partial charge on any atom is 0.254 e. The molecule has 0 aliphatic carbocycles. The maximum absolute atomic E-state index is 13.8. The van der Waals surface area contributed by atoms with Gasteiger partial charge in [0.2, 0.25) is 6.79 Å². The van der Waals surface area contributed by atoms with Crippen LogP contribution in [0.5, 0.6) is 11.5 Å². The number of benzene rings is 2. The molecule has 0 unspecified atom stereocenters. The van der Waals surface area contributed by atoms with E-state index in [9.17, 15) is 19.1 Å². The summed E-state index contributed by atoms with van der Waals surface area (Å²) in [6, 6.07) is 10.3. The molecule has 1 saturated heterocycles. The molecule has 170 valence electrons. The summed E-state index contributed by atoms with van der Waals surface area (Å²) in [5.74, 6) is -0.206. The molecule has 0 saturated carbocycles. The lowest BCUT2D eigenvalue weighted by atomic mass is 9.96. The Balaban J connectivity index is 1.25. The Labute approximate surface area is 184 Å². The predicted octanol–water partition coefficient (Wildman–Crippen LogP) is 2.01. The van der Waals surface area contributed by atoms with Gasteiger partial charge < -0.3 is 30.0 Å². The number of rotatable bonds is 7. The van der Waals surface area contributed by atoms with Crippen LogP contribution in [-0.2, 0) is 4.74 Å². The highest BCUT2D eigenvalue weighted by Crippen LogP contribution is 2.32.